The SMILES string of the molecule is CC(N)(C#N)CSC1CCCC1. The van der Waals surface area contributed by atoms with Crippen molar-refractivity contribution in [1.29, 1.82) is 5.26 Å². The molecule has 1 saturated carbocycles. The highest BCUT2D eigenvalue weighted by molar-refractivity contribution is 8.00. The molecular formula is C9H16N2S. The zero-order chi connectivity index (χ0) is 9.03. The van der Waals surface area contributed by atoms with E-state index in [-0.39, 0.29) is 0 Å². The molecule has 12 heavy (non-hydrogen) atoms. The Morgan fingerprint density at radius 3 is 2.67 bits per heavy atom. The van der Waals surface area contributed by atoms with Crippen molar-refractivity contribution >= 4 is 11.8 Å². The lowest BCUT2D eigenvalue weighted by molar-refractivity contribution is 0.679. The van der Waals surface area contributed by atoms with Crippen molar-refractivity contribution in [2.75, 3.05) is 5.75 Å². The van der Waals surface area contributed by atoms with Crippen LogP contribution in [0.3, 0.4) is 0 Å². The van der Waals surface area contributed by atoms with E-state index in [0.717, 1.165) is 11.0 Å². The first-order chi connectivity index (χ1) is 5.64. The van der Waals surface area contributed by atoms with Crippen LogP contribution in [0.1, 0.15) is 32.6 Å². The highest BCUT2D eigenvalue weighted by atomic mass is 32.2. The summed E-state index contributed by atoms with van der Waals surface area (Å²) < 4.78 is 0. The summed E-state index contributed by atoms with van der Waals surface area (Å²) in [4.78, 5) is 0. The zero-order valence-corrected chi connectivity index (χ0v) is 8.36. The maximum absolute atomic E-state index is 8.68. The molecule has 0 amide bonds. The van der Waals surface area contributed by atoms with Crippen molar-refractivity contribution in [3.63, 3.8) is 0 Å². The van der Waals surface area contributed by atoms with Crippen molar-refractivity contribution in [1.82, 2.24) is 0 Å². The van der Waals surface area contributed by atoms with Crippen molar-refractivity contribution in [3.8, 4) is 6.07 Å². The molecule has 1 rings (SSSR count). The summed E-state index contributed by atoms with van der Waals surface area (Å²) in [7, 11) is 0. The van der Waals surface area contributed by atoms with Crippen LogP contribution in [0, 0.1) is 11.3 Å². The molecule has 3 heteroatoms. The Labute approximate surface area is 78.5 Å². The van der Waals surface area contributed by atoms with Crippen LogP contribution in [0.25, 0.3) is 0 Å². The summed E-state index contributed by atoms with van der Waals surface area (Å²) >= 11 is 1.87. The first kappa shape index (κ1) is 9.88. The zero-order valence-electron chi connectivity index (χ0n) is 7.55. The number of rotatable bonds is 3. The molecule has 0 aromatic carbocycles. The molecule has 0 aromatic rings. The molecule has 0 bridgehead atoms. The highest BCUT2D eigenvalue weighted by Crippen LogP contribution is 2.30. The van der Waals surface area contributed by atoms with Gasteiger partial charge >= 0.3 is 0 Å². The van der Waals surface area contributed by atoms with E-state index in [0.29, 0.717) is 0 Å². The molecule has 0 spiro atoms. The minimum Gasteiger partial charge on any atom is -0.313 e. The van der Waals surface area contributed by atoms with Crippen molar-refractivity contribution in [3.05, 3.63) is 0 Å². The number of nitrogens with two attached hydrogens (primary N) is 1. The van der Waals surface area contributed by atoms with Gasteiger partial charge < -0.3 is 5.73 Å². The Kier molecular flexibility index (Phi) is 3.42. The van der Waals surface area contributed by atoms with Crippen molar-refractivity contribution in [2.24, 2.45) is 5.73 Å². The fourth-order valence-electron chi connectivity index (χ4n) is 1.38. The molecule has 0 saturated heterocycles. The van der Waals surface area contributed by atoms with Gasteiger partial charge in [0.25, 0.3) is 0 Å². The van der Waals surface area contributed by atoms with Gasteiger partial charge in [0, 0.05) is 11.0 Å². The molecule has 0 heterocycles. The molecule has 0 aliphatic heterocycles. The second kappa shape index (κ2) is 4.15. The summed E-state index contributed by atoms with van der Waals surface area (Å²) in [5, 5.41) is 9.44. The van der Waals surface area contributed by atoms with Crippen molar-refractivity contribution < 1.29 is 0 Å². The van der Waals surface area contributed by atoms with E-state index in [4.69, 9.17) is 11.0 Å². The van der Waals surface area contributed by atoms with Crippen LogP contribution in [0.2, 0.25) is 0 Å². The quantitative estimate of drug-likeness (QED) is 0.729. The van der Waals surface area contributed by atoms with Gasteiger partial charge in [0.05, 0.1) is 6.07 Å². The molecule has 2 N–H and O–H groups in total. The first-order valence-corrected chi connectivity index (χ1v) is 5.51. The van der Waals surface area contributed by atoms with Gasteiger partial charge in [-0.15, -0.1) is 0 Å². The first-order valence-electron chi connectivity index (χ1n) is 4.46. The number of hydrogen-bond acceptors (Lipinski definition) is 3. The van der Waals surface area contributed by atoms with Crippen LogP contribution in [-0.2, 0) is 0 Å². The van der Waals surface area contributed by atoms with Gasteiger partial charge in [0.2, 0.25) is 0 Å². The Morgan fingerprint density at radius 1 is 1.58 bits per heavy atom. The van der Waals surface area contributed by atoms with Crippen LogP contribution >= 0.6 is 11.8 Å². The van der Waals surface area contributed by atoms with Crippen LogP contribution in [0.15, 0.2) is 0 Å². The summed E-state index contributed by atoms with van der Waals surface area (Å²) in [6, 6.07) is 2.12. The fraction of sp³-hybridized carbons (Fsp3) is 0.889. The number of nitriles is 1. The molecule has 2 nitrogen and oxygen atoms in total. The maximum atomic E-state index is 8.68. The van der Waals surface area contributed by atoms with Crippen LogP contribution < -0.4 is 5.73 Å². The lowest BCUT2D eigenvalue weighted by Gasteiger charge is -2.17. The second-order valence-corrected chi connectivity index (χ2v) is 5.04. The number of nitrogens with zero attached hydrogens (tertiary/aromatic N) is 1. The smallest absolute Gasteiger partial charge is 0.110 e. The number of hydrogen-bond donors (Lipinski definition) is 1. The normalized spacial score (nSPS) is 23.4. The lowest BCUT2D eigenvalue weighted by Crippen LogP contribution is -2.37. The largest absolute Gasteiger partial charge is 0.313 e. The third-order valence-corrected chi connectivity index (χ3v) is 3.89. The average molecular weight is 184 g/mol. The monoisotopic (exact) mass is 184 g/mol. The van der Waals surface area contributed by atoms with Crippen LogP contribution in [0.5, 0.6) is 0 Å². The van der Waals surface area contributed by atoms with E-state index in [1.165, 1.54) is 25.7 Å². The Hall–Kier alpha value is -0.200. The van der Waals surface area contributed by atoms with E-state index in [9.17, 15) is 0 Å². The molecule has 1 atom stereocenters. The van der Waals surface area contributed by atoms with Gasteiger partial charge in [0.15, 0.2) is 0 Å². The van der Waals surface area contributed by atoms with E-state index < -0.39 is 5.54 Å². The summed E-state index contributed by atoms with van der Waals surface area (Å²) in [6.45, 7) is 1.80. The molecule has 1 aliphatic carbocycles. The predicted molar refractivity (Wildman–Crippen MR) is 52.9 cm³/mol. The summed E-state index contributed by atoms with van der Waals surface area (Å²) in [5.74, 6) is 0.772. The molecule has 1 fully saturated rings. The topological polar surface area (TPSA) is 49.8 Å². The molecule has 0 aromatic heterocycles. The second-order valence-electron chi connectivity index (χ2n) is 3.75. The molecule has 0 radical (unpaired) electrons. The van der Waals surface area contributed by atoms with Gasteiger partial charge in [-0.05, 0) is 19.8 Å². The lowest BCUT2D eigenvalue weighted by atomic mass is 10.1. The Balaban J connectivity index is 2.21. The molecule has 1 aliphatic rings. The van der Waals surface area contributed by atoms with Gasteiger partial charge in [-0.25, -0.2) is 0 Å². The fourth-order valence-corrected chi connectivity index (χ4v) is 2.69. The van der Waals surface area contributed by atoms with E-state index >= 15 is 0 Å². The predicted octanol–water partition coefficient (Wildman–Crippen LogP) is 1.90. The Bertz CT molecular complexity index is 177. The van der Waals surface area contributed by atoms with Gasteiger partial charge in [0.1, 0.15) is 5.54 Å². The molecular weight excluding hydrogens is 168 g/mol. The standard InChI is InChI=1S/C9H16N2S/c1-9(11,6-10)7-12-8-4-2-3-5-8/h8H,2-5,7,11H2,1H3. The van der Waals surface area contributed by atoms with E-state index in [1.807, 2.05) is 11.8 Å². The van der Waals surface area contributed by atoms with E-state index in [1.54, 1.807) is 6.92 Å². The Morgan fingerprint density at radius 2 is 2.17 bits per heavy atom. The van der Waals surface area contributed by atoms with Gasteiger partial charge in [-0.1, -0.05) is 12.8 Å². The van der Waals surface area contributed by atoms with Crippen LogP contribution in [-0.4, -0.2) is 16.5 Å². The molecule has 68 valence electrons. The number of thioether (sulfide) groups is 1. The van der Waals surface area contributed by atoms with Gasteiger partial charge in [-0.3, -0.25) is 0 Å². The molecule has 1 unspecified atom stereocenters. The highest BCUT2D eigenvalue weighted by Gasteiger charge is 2.22. The third-order valence-electron chi connectivity index (χ3n) is 2.18. The summed E-state index contributed by atoms with van der Waals surface area (Å²) in [6.07, 6.45) is 5.33. The summed E-state index contributed by atoms with van der Waals surface area (Å²) in [5.41, 5.74) is 5.08. The van der Waals surface area contributed by atoms with Gasteiger partial charge in [-0.2, -0.15) is 17.0 Å². The third kappa shape index (κ3) is 3.04. The van der Waals surface area contributed by atoms with E-state index in [2.05, 4.69) is 6.07 Å². The minimum absolute atomic E-state index is 0.632. The minimum atomic E-state index is -0.632. The maximum Gasteiger partial charge on any atom is 0.110 e. The average Bonchev–Trinajstić information content (AvgIpc) is 2.53. The van der Waals surface area contributed by atoms with Crippen LogP contribution in [0.4, 0.5) is 0 Å². The van der Waals surface area contributed by atoms with Crippen molar-refractivity contribution in [2.45, 2.75) is 43.4 Å².